The van der Waals surface area contributed by atoms with Crippen molar-refractivity contribution in [2.24, 2.45) is 0 Å². The van der Waals surface area contributed by atoms with Crippen LogP contribution in [0.5, 0.6) is 0 Å². The SMILES string of the molecule is FC(F)(F)F.FCF.O=C(CCCC(O)(POOO)P(O)OO)C(F)(OCF)C(F)(F)F. The molecule has 0 aliphatic carbocycles. The molecule has 0 saturated heterocycles. The van der Waals surface area contributed by atoms with Crippen LogP contribution in [0.4, 0.5) is 48.3 Å². The Morgan fingerprint density at radius 3 is 1.72 bits per heavy atom. The molecule has 32 heavy (non-hydrogen) atoms. The van der Waals surface area contributed by atoms with E-state index in [1.165, 1.54) is 0 Å². The number of Topliss-reactive ketones (excluding diaryl/α,β-unsaturated/α-hetero) is 1. The first kappa shape index (κ1) is 36.0. The van der Waals surface area contributed by atoms with Crippen molar-refractivity contribution in [3.8, 4) is 0 Å². The molecule has 9 nitrogen and oxygen atoms in total. The summed E-state index contributed by atoms with van der Waals surface area (Å²) in [6, 6.07) is 0. The lowest BCUT2D eigenvalue weighted by Crippen LogP contribution is -2.50. The van der Waals surface area contributed by atoms with Crippen LogP contribution in [0.1, 0.15) is 19.3 Å². The number of carbonyl (C=O) groups is 1. The minimum Gasteiger partial charge on any atom is -0.374 e. The number of rotatable bonds is 12. The van der Waals surface area contributed by atoms with Crippen LogP contribution in [0.15, 0.2) is 0 Å². The van der Waals surface area contributed by atoms with Gasteiger partial charge in [-0.3, -0.25) is 4.79 Å². The lowest BCUT2D eigenvalue weighted by Gasteiger charge is -2.28. The van der Waals surface area contributed by atoms with Gasteiger partial charge in [-0.1, -0.05) is 5.04 Å². The largest absolute Gasteiger partial charge is 0.559 e. The molecule has 0 rings (SSSR count). The Bertz CT molecular complexity index is 496. The smallest absolute Gasteiger partial charge is 0.374 e. The van der Waals surface area contributed by atoms with Crippen molar-refractivity contribution in [2.45, 2.75) is 42.8 Å². The van der Waals surface area contributed by atoms with Crippen molar-refractivity contribution < 1.29 is 92.7 Å². The maximum Gasteiger partial charge on any atom is 0.559 e. The van der Waals surface area contributed by atoms with Crippen LogP contribution in [-0.2, 0) is 23.9 Å². The van der Waals surface area contributed by atoms with Gasteiger partial charge in [-0.05, 0) is 12.8 Å². The Kier molecular flexibility index (Phi) is 19.1. The number of ether oxygens (including phenoxy) is 1. The van der Waals surface area contributed by atoms with Crippen molar-refractivity contribution in [2.75, 3.05) is 13.8 Å². The number of aliphatic hydroxyl groups is 1. The fourth-order valence-electron chi connectivity index (χ4n) is 1.39. The highest BCUT2D eigenvalue weighted by atomic mass is 31.2. The van der Waals surface area contributed by atoms with Crippen LogP contribution in [0.2, 0.25) is 0 Å². The molecule has 22 heteroatoms. The van der Waals surface area contributed by atoms with Crippen LogP contribution in [0.3, 0.4) is 0 Å². The molecule has 196 valence electrons. The number of hydrogen-bond donors (Lipinski definition) is 4. The van der Waals surface area contributed by atoms with Gasteiger partial charge in [-0.25, -0.2) is 23.7 Å². The standard InChI is InChI=1S/C8H13F5O9P2.CF4.CH2F2/c9-4-19-7(10,8(11,12)13)5(14)2-1-3-6(15,23-22-20-16)24(18)21-17;2-1(3,4)5;2-1-3/h15-18,23H,1-4H2;;1H2. The first-order valence-electron chi connectivity index (χ1n) is 7.03. The van der Waals surface area contributed by atoms with E-state index in [4.69, 9.17) is 10.5 Å². The highest BCUT2D eigenvalue weighted by molar-refractivity contribution is 7.61. The molecule has 0 bridgehead atoms. The second-order valence-electron chi connectivity index (χ2n) is 4.58. The molecule has 0 heterocycles. The molecule has 4 N–H and O–H groups in total. The predicted octanol–water partition coefficient (Wildman–Crippen LogP) is 4.71. The van der Waals surface area contributed by atoms with Gasteiger partial charge in [0.2, 0.25) is 21.1 Å². The highest BCUT2D eigenvalue weighted by Gasteiger charge is 2.63. The molecule has 0 aliphatic heterocycles. The van der Waals surface area contributed by atoms with E-state index < -0.39 is 79.6 Å². The predicted molar refractivity (Wildman–Crippen MR) is 81.0 cm³/mol. The van der Waals surface area contributed by atoms with Gasteiger partial charge in [-0.15, -0.1) is 17.6 Å². The Morgan fingerprint density at radius 1 is 0.969 bits per heavy atom. The zero-order chi connectivity index (χ0) is 26.2. The summed E-state index contributed by atoms with van der Waals surface area (Å²) >= 11 is 0. The van der Waals surface area contributed by atoms with E-state index in [0.29, 0.717) is 0 Å². The maximum atomic E-state index is 13.6. The summed E-state index contributed by atoms with van der Waals surface area (Å²) in [5.41, 5.74) is 0. The molecule has 0 aromatic carbocycles. The van der Waals surface area contributed by atoms with Crippen molar-refractivity contribution in [1.82, 2.24) is 0 Å². The monoisotopic (exact) mass is 550 g/mol. The average molecular weight is 550 g/mol. The molecule has 0 amide bonds. The van der Waals surface area contributed by atoms with Crippen LogP contribution in [0.25, 0.3) is 0 Å². The topological polar surface area (TPSA) is 135 Å². The lowest BCUT2D eigenvalue weighted by molar-refractivity contribution is -0.436. The molecule has 0 radical (unpaired) electrons. The normalized spacial score (nSPS) is 16.8. The van der Waals surface area contributed by atoms with Gasteiger partial charge >= 0.3 is 18.5 Å². The Morgan fingerprint density at radius 2 is 1.41 bits per heavy atom. The minimum atomic E-state index is -5.83. The van der Waals surface area contributed by atoms with E-state index in [1.807, 2.05) is 0 Å². The third kappa shape index (κ3) is 16.1. The molecule has 0 aromatic heterocycles. The number of ketones is 1. The molecule has 0 aromatic rings. The summed E-state index contributed by atoms with van der Waals surface area (Å²) in [5, 5.41) is 26.9. The van der Waals surface area contributed by atoms with Gasteiger partial charge in [0.25, 0.3) is 0 Å². The molecule has 4 unspecified atom stereocenters. The summed E-state index contributed by atoms with van der Waals surface area (Å²) in [4.78, 5) is 20.6. The van der Waals surface area contributed by atoms with E-state index >= 15 is 0 Å². The number of alkyl halides is 11. The summed E-state index contributed by atoms with van der Waals surface area (Å²) in [6.07, 6.45) is -13.9. The van der Waals surface area contributed by atoms with E-state index in [1.54, 1.807) is 0 Å². The molecule has 0 fully saturated rings. The molecular formula is C10H15F11O9P2. The van der Waals surface area contributed by atoms with E-state index in [0.717, 1.165) is 0 Å². The Balaban J connectivity index is -0.000000897. The maximum absolute atomic E-state index is 13.6. The third-order valence-electron chi connectivity index (χ3n) is 2.54. The first-order valence-corrected chi connectivity index (χ1v) is 9.15. The quantitative estimate of drug-likeness (QED) is 0.118. The summed E-state index contributed by atoms with van der Waals surface area (Å²) in [7, 11) is -4.33. The summed E-state index contributed by atoms with van der Waals surface area (Å²) < 4.78 is 131. The average Bonchev–Trinajstić information content (AvgIpc) is 2.64. The van der Waals surface area contributed by atoms with Crippen molar-refractivity contribution >= 4 is 23.0 Å². The van der Waals surface area contributed by atoms with Gasteiger partial charge in [-0.2, -0.15) is 26.9 Å². The molecular weight excluding hydrogens is 535 g/mol. The fourth-order valence-corrected chi connectivity index (χ4v) is 2.87. The van der Waals surface area contributed by atoms with Crippen LogP contribution >= 0.6 is 17.2 Å². The zero-order valence-corrected chi connectivity index (χ0v) is 16.9. The van der Waals surface area contributed by atoms with Crippen molar-refractivity contribution in [1.29, 1.82) is 0 Å². The van der Waals surface area contributed by atoms with Crippen molar-refractivity contribution in [3.63, 3.8) is 0 Å². The van der Waals surface area contributed by atoms with E-state index in [-0.39, 0.29) is 0 Å². The van der Waals surface area contributed by atoms with Crippen LogP contribution in [-0.4, -0.2) is 63.6 Å². The van der Waals surface area contributed by atoms with E-state index in [2.05, 4.69) is 19.1 Å². The molecule has 0 saturated carbocycles. The van der Waals surface area contributed by atoms with E-state index in [9.17, 15) is 63.1 Å². The number of carbonyl (C=O) groups excluding carboxylic acids is 1. The third-order valence-corrected chi connectivity index (χ3v) is 5.14. The molecule has 0 aliphatic rings. The van der Waals surface area contributed by atoms with Gasteiger partial charge < -0.3 is 14.7 Å². The van der Waals surface area contributed by atoms with Gasteiger partial charge in [0, 0.05) is 6.42 Å². The summed E-state index contributed by atoms with van der Waals surface area (Å²) in [5.74, 6) is -7.05. The van der Waals surface area contributed by atoms with Crippen molar-refractivity contribution in [3.05, 3.63) is 0 Å². The first-order chi connectivity index (χ1) is 14.4. The second-order valence-corrected chi connectivity index (χ2v) is 7.65. The Hall–Kier alpha value is -0.560. The van der Waals surface area contributed by atoms with Gasteiger partial charge in [0.1, 0.15) is 8.81 Å². The highest BCUT2D eigenvalue weighted by Crippen LogP contribution is 2.57. The Labute approximate surface area is 173 Å². The minimum absolute atomic E-state index is 0.683. The zero-order valence-electron chi connectivity index (χ0n) is 15.0. The lowest BCUT2D eigenvalue weighted by atomic mass is 10.1. The number of hydrogen-bond acceptors (Lipinski definition) is 9. The fraction of sp³-hybridized carbons (Fsp3) is 0.900. The number of halogens is 11. The van der Waals surface area contributed by atoms with Crippen LogP contribution < -0.4 is 0 Å². The molecule has 0 spiro atoms. The summed E-state index contributed by atoms with van der Waals surface area (Å²) in [6.45, 7) is -3.96. The second kappa shape index (κ2) is 17.0. The van der Waals surface area contributed by atoms with Crippen LogP contribution in [0, 0.1) is 0 Å². The van der Waals surface area contributed by atoms with Gasteiger partial charge in [0.05, 0.1) is 0 Å². The van der Waals surface area contributed by atoms with Gasteiger partial charge in [0.15, 0.2) is 11.9 Å². The molecule has 4 atom stereocenters.